The fourth-order valence-electron chi connectivity index (χ4n) is 1.13. The Balaban J connectivity index is 2.18. The van der Waals surface area contributed by atoms with Gasteiger partial charge in [0.2, 0.25) is 5.88 Å². The number of ether oxygens (including phenoxy) is 2. The Bertz CT molecular complexity index is 474. The normalized spacial score (nSPS) is 9.88. The summed E-state index contributed by atoms with van der Waals surface area (Å²) in [4.78, 5) is 7.94. The number of rotatable bonds is 3. The molecule has 0 bridgehead atoms. The summed E-state index contributed by atoms with van der Waals surface area (Å²) in [5.41, 5.74) is 0. The second kappa shape index (κ2) is 5.11. The summed E-state index contributed by atoms with van der Waals surface area (Å²) in [5.74, 6) is 2.07. The van der Waals surface area contributed by atoms with E-state index in [1.807, 2.05) is 24.3 Å². The summed E-state index contributed by atoms with van der Waals surface area (Å²) in [6, 6.07) is 7.33. The molecule has 0 atom stereocenters. The number of hydrogen-bond donors (Lipinski definition) is 0. The minimum absolute atomic E-state index is 0.556. The van der Waals surface area contributed by atoms with Gasteiger partial charge >= 0.3 is 0 Å². The molecule has 2 aromatic rings. The number of halogens is 1. The monoisotopic (exact) mass is 328 g/mol. The Labute approximate surface area is 107 Å². The average Bonchev–Trinajstić information content (AvgIpc) is 2.33. The van der Waals surface area contributed by atoms with Crippen LogP contribution in [0.25, 0.3) is 0 Å². The highest BCUT2D eigenvalue weighted by Gasteiger charge is 2.03. The maximum atomic E-state index is 5.59. The summed E-state index contributed by atoms with van der Waals surface area (Å²) >= 11 is 2.13. The summed E-state index contributed by atoms with van der Waals surface area (Å²) in [6.07, 6.45) is 3.16. The molecule has 5 heteroatoms. The van der Waals surface area contributed by atoms with Gasteiger partial charge in [0.05, 0.1) is 10.7 Å². The summed E-state index contributed by atoms with van der Waals surface area (Å²) in [5, 5.41) is 0. The van der Waals surface area contributed by atoms with Crippen molar-refractivity contribution in [3.63, 3.8) is 0 Å². The molecule has 2 rings (SSSR count). The van der Waals surface area contributed by atoms with Gasteiger partial charge in [-0.2, -0.15) is 0 Å². The van der Waals surface area contributed by atoms with Gasteiger partial charge in [0.1, 0.15) is 17.8 Å². The zero-order chi connectivity index (χ0) is 11.4. The van der Waals surface area contributed by atoms with Gasteiger partial charge in [-0.15, -0.1) is 0 Å². The first-order chi connectivity index (χ1) is 7.79. The van der Waals surface area contributed by atoms with Gasteiger partial charge in [0.15, 0.2) is 0 Å². The van der Waals surface area contributed by atoms with Crippen LogP contribution in [-0.4, -0.2) is 17.1 Å². The van der Waals surface area contributed by atoms with E-state index in [1.54, 1.807) is 13.3 Å². The molecule has 82 valence electrons. The third-order valence-corrected chi connectivity index (χ3v) is 2.65. The maximum Gasteiger partial charge on any atom is 0.235 e. The van der Waals surface area contributed by atoms with Crippen LogP contribution in [0.15, 0.2) is 36.8 Å². The number of methoxy groups -OCH3 is 1. The molecule has 1 aromatic carbocycles. The van der Waals surface area contributed by atoms with E-state index in [-0.39, 0.29) is 0 Å². The lowest BCUT2D eigenvalue weighted by Gasteiger charge is -2.06. The Morgan fingerprint density at radius 3 is 2.44 bits per heavy atom. The standard InChI is InChI=1S/C11H9IN2O2/c1-15-8-2-4-9(5-3-8)16-11-10(12)6-13-7-14-11/h2-7H,1H3. The Hall–Kier alpha value is -1.37. The van der Waals surface area contributed by atoms with E-state index in [1.165, 1.54) is 6.33 Å². The SMILES string of the molecule is COc1ccc(Oc2ncncc2I)cc1. The highest BCUT2D eigenvalue weighted by atomic mass is 127. The molecule has 0 aliphatic rings. The molecule has 0 saturated carbocycles. The van der Waals surface area contributed by atoms with Crippen molar-refractivity contribution in [1.29, 1.82) is 0 Å². The van der Waals surface area contributed by atoms with Crippen LogP contribution in [0.4, 0.5) is 0 Å². The van der Waals surface area contributed by atoms with Gasteiger partial charge in [0, 0.05) is 6.20 Å². The number of aromatic nitrogens is 2. The molecular weight excluding hydrogens is 319 g/mol. The lowest BCUT2D eigenvalue weighted by molar-refractivity contribution is 0.412. The van der Waals surface area contributed by atoms with E-state index in [2.05, 4.69) is 32.6 Å². The van der Waals surface area contributed by atoms with Gasteiger partial charge < -0.3 is 9.47 Å². The van der Waals surface area contributed by atoms with E-state index >= 15 is 0 Å². The number of nitrogens with zero attached hydrogens (tertiary/aromatic N) is 2. The predicted octanol–water partition coefficient (Wildman–Crippen LogP) is 2.88. The second-order valence-electron chi connectivity index (χ2n) is 2.95. The molecule has 0 amide bonds. The van der Waals surface area contributed by atoms with E-state index < -0.39 is 0 Å². The van der Waals surface area contributed by atoms with Gasteiger partial charge in [-0.1, -0.05) is 0 Å². The van der Waals surface area contributed by atoms with Crippen LogP contribution in [-0.2, 0) is 0 Å². The molecule has 0 fully saturated rings. The van der Waals surface area contributed by atoms with Crippen LogP contribution >= 0.6 is 22.6 Å². The minimum atomic E-state index is 0.556. The zero-order valence-corrected chi connectivity index (χ0v) is 10.7. The van der Waals surface area contributed by atoms with Gasteiger partial charge in [-0.25, -0.2) is 9.97 Å². The highest BCUT2D eigenvalue weighted by molar-refractivity contribution is 14.1. The summed E-state index contributed by atoms with van der Waals surface area (Å²) < 4.78 is 11.5. The van der Waals surface area contributed by atoms with Crippen LogP contribution in [0.2, 0.25) is 0 Å². The van der Waals surface area contributed by atoms with Crippen molar-refractivity contribution >= 4 is 22.6 Å². The topological polar surface area (TPSA) is 44.2 Å². The molecular formula is C11H9IN2O2. The molecule has 0 saturated heterocycles. The Morgan fingerprint density at radius 2 is 1.81 bits per heavy atom. The third-order valence-electron chi connectivity index (χ3n) is 1.91. The van der Waals surface area contributed by atoms with E-state index in [0.29, 0.717) is 5.88 Å². The highest BCUT2D eigenvalue weighted by Crippen LogP contribution is 2.24. The van der Waals surface area contributed by atoms with Crippen LogP contribution in [0.3, 0.4) is 0 Å². The van der Waals surface area contributed by atoms with Gasteiger partial charge in [0.25, 0.3) is 0 Å². The van der Waals surface area contributed by atoms with Crippen LogP contribution < -0.4 is 9.47 Å². The van der Waals surface area contributed by atoms with Gasteiger partial charge in [-0.05, 0) is 46.9 Å². The Kier molecular flexibility index (Phi) is 3.55. The first-order valence-electron chi connectivity index (χ1n) is 4.57. The zero-order valence-electron chi connectivity index (χ0n) is 8.55. The smallest absolute Gasteiger partial charge is 0.235 e. The van der Waals surface area contributed by atoms with E-state index in [0.717, 1.165) is 15.1 Å². The van der Waals surface area contributed by atoms with Crippen molar-refractivity contribution in [3.05, 3.63) is 40.4 Å². The minimum Gasteiger partial charge on any atom is -0.497 e. The van der Waals surface area contributed by atoms with E-state index in [4.69, 9.17) is 9.47 Å². The van der Waals surface area contributed by atoms with Crippen molar-refractivity contribution in [2.75, 3.05) is 7.11 Å². The Morgan fingerprint density at radius 1 is 1.12 bits per heavy atom. The first kappa shape index (κ1) is 11.1. The largest absolute Gasteiger partial charge is 0.497 e. The van der Waals surface area contributed by atoms with Crippen molar-refractivity contribution in [2.45, 2.75) is 0 Å². The van der Waals surface area contributed by atoms with Gasteiger partial charge in [-0.3, -0.25) is 0 Å². The van der Waals surface area contributed by atoms with E-state index in [9.17, 15) is 0 Å². The lowest BCUT2D eigenvalue weighted by Crippen LogP contribution is -1.91. The molecule has 1 aromatic heterocycles. The van der Waals surface area contributed by atoms with Crippen LogP contribution in [0.1, 0.15) is 0 Å². The summed E-state index contributed by atoms with van der Waals surface area (Å²) in [7, 11) is 1.63. The van der Waals surface area contributed by atoms with Crippen molar-refractivity contribution in [1.82, 2.24) is 9.97 Å². The van der Waals surface area contributed by atoms with Crippen molar-refractivity contribution in [3.8, 4) is 17.4 Å². The average molecular weight is 328 g/mol. The molecule has 0 radical (unpaired) electrons. The third kappa shape index (κ3) is 2.60. The maximum absolute atomic E-state index is 5.59. The molecule has 4 nitrogen and oxygen atoms in total. The summed E-state index contributed by atoms with van der Waals surface area (Å²) in [6.45, 7) is 0. The fraction of sp³-hybridized carbons (Fsp3) is 0.0909. The predicted molar refractivity (Wildman–Crippen MR) is 67.8 cm³/mol. The molecule has 0 aliphatic carbocycles. The van der Waals surface area contributed by atoms with Crippen LogP contribution in [0.5, 0.6) is 17.4 Å². The molecule has 0 unspecified atom stereocenters. The van der Waals surface area contributed by atoms with Crippen molar-refractivity contribution < 1.29 is 9.47 Å². The number of hydrogen-bond acceptors (Lipinski definition) is 4. The molecule has 0 N–H and O–H groups in total. The first-order valence-corrected chi connectivity index (χ1v) is 5.65. The quantitative estimate of drug-likeness (QED) is 0.813. The second-order valence-corrected chi connectivity index (χ2v) is 4.12. The van der Waals surface area contributed by atoms with Crippen molar-refractivity contribution in [2.24, 2.45) is 0 Å². The molecule has 16 heavy (non-hydrogen) atoms. The lowest BCUT2D eigenvalue weighted by atomic mass is 10.3. The molecule has 0 aliphatic heterocycles. The van der Waals surface area contributed by atoms with Crippen LogP contribution in [0, 0.1) is 3.57 Å². The molecule has 0 spiro atoms. The molecule has 1 heterocycles. The number of benzene rings is 1. The fourth-order valence-corrected chi connectivity index (χ4v) is 1.54.